The van der Waals surface area contributed by atoms with Gasteiger partial charge >= 0.3 is 0 Å². The first kappa shape index (κ1) is 28.6. The number of carbonyl (C=O) groups excluding carboxylic acids is 3. The van der Waals surface area contributed by atoms with Crippen LogP contribution in [-0.4, -0.2) is 87.1 Å². The number of ether oxygens (including phenoxy) is 1. The van der Waals surface area contributed by atoms with Crippen molar-refractivity contribution in [3.05, 3.63) is 60.2 Å². The number of carbonyl (C=O) groups is 3. The Morgan fingerprint density at radius 1 is 1.02 bits per heavy atom. The Morgan fingerprint density at radius 3 is 2.45 bits per heavy atom. The van der Waals surface area contributed by atoms with E-state index in [1.54, 1.807) is 9.80 Å². The second-order valence-corrected chi connectivity index (χ2v) is 12.2. The zero-order valence-electron chi connectivity index (χ0n) is 24.1. The van der Waals surface area contributed by atoms with E-state index in [1.165, 1.54) is 0 Å². The van der Waals surface area contributed by atoms with Gasteiger partial charge in [0.25, 0.3) is 0 Å². The summed E-state index contributed by atoms with van der Waals surface area (Å²) in [5.41, 5.74) is -0.263. The minimum atomic E-state index is -1.27. The van der Waals surface area contributed by atoms with Crippen molar-refractivity contribution in [1.82, 2.24) is 14.7 Å². The van der Waals surface area contributed by atoms with Crippen molar-refractivity contribution < 1.29 is 24.2 Å². The molecule has 7 atom stereocenters. The summed E-state index contributed by atoms with van der Waals surface area (Å²) in [6.45, 7) is 9.23. The second kappa shape index (κ2) is 11.5. The van der Waals surface area contributed by atoms with Gasteiger partial charge in [-0.1, -0.05) is 81.8 Å². The smallest absolute Gasteiger partial charge is 0.249 e. The molecular weight excluding hydrogens is 506 g/mol. The highest BCUT2D eigenvalue weighted by Crippen LogP contribution is 2.54. The van der Waals surface area contributed by atoms with E-state index in [-0.39, 0.29) is 36.3 Å². The van der Waals surface area contributed by atoms with Crippen LogP contribution in [0.3, 0.4) is 0 Å². The van der Waals surface area contributed by atoms with E-state index >= 15 is 0 Å². The molecule has 0 radical (unpaired) electrons. The molecule has 8 nitrogen and oxygen atoms in total. The number of likely N-dealkylation sites (tertiary alicyclic amines) is 1. The Kier molecular flexibility index (Phi) is 8.20. The lowest BCUT2D eigenvalue weighted by molar-refractivity contribution is -0.152. The maximum absolute atomic E-state index is 14.5. The van der Waals surface area contributed by atoms with Crippen LogP contribution in [0.2, 0.25) is 0 Å². The Hall–Kier alpha value is -2.97. The first-order valence-corrected chi connectivity index (χ1v) is 14.8. The molecule has 0 aromatic heterocycles. The minimum absolute atomic E-state index is 0.0132. The van der Waals surface area contributed by atoms with Crippen LogP contribution in [-0.2, 0) is 25.7 Å². The van der Waals surface area contributed by atoms with E-state index in [1.807, 2.05) is 80.3 Å². The lowest BCUT2D eigenvalue weighted by atomic mass is 9.77. The number of aliphatic hydroxyl groups is 1. The molecule has 2 unspecified atom stereocenters. The highest BCUT2D eigenvalue weighted by molar-refractivity contribution is 6.00. The number of nitrogens with zero attached hydrogens (tertiary/aromatic N) is 3. The normalized spacial score (nSPS) is 31.2. The van der Waals surface area contributed by atoms with E-state index in [9.17, 15) is 19.5 Å². The van der Waals surface area contributed by atoms with Gasteiger partial charge in [-0.2, -0.15) is 0 Å². The Labute approximate surface area is 237 Å². The van der Waals surface area contributed by atoms with Crippen LogP contribution >= 0.6 is 0 Å². The molecule has 0 bridgehead atoms. The molecule has 2 fully saturated rings. The van der Waals surface area contributed by atoms with E-state index in [4.69, 9.17) is 4.74 Å². The summed E-state index contributed by atoms with van der Waals surface area (Å²) in [6, 6.07) is 8.32. The van der Waals surface area contributed by atoms with Crippen molar-refractivity contribution in [1.29, 1.82) is 0 Å². The molecule has 0 aliphatic carbocycles. The molecule has 1 aromatic carbocycles. The Morgan fingerprint density at radius 2 is 1.77 bits per heavy atom. The van der Waals surface area contributed by atoms with E-state index in [0.717, 1.165) is 18.4 Å². The fraction of sp³-hybridized carbons (Fsp3) is 0.594. The van der Waals surface area contributed by atoms with Gasteiger partial charge in [-0.15, -0.1) is 0 Å². The Bertz CT molecular complexity index is 1170. The number of aliphatic hydroxyl groups excluding tert-OH is 1. The molecule has 40 heavy (non-hydrogen) atoms. The van der Waals surface area contributed by atoms with Crippen molar-refractivity contribution in [2.75, 3.05) is 19.7 Å². The third kappa shape index (κ3) is 4.79. The van der Waals surface area contributed by atoms with Gasteiger partial charge < -0.3 is 24.5 Å². The average Bonchev–Trinajstić information content (AvgIpc) is 3.25. The standard InChI is InChI=1S/C32H43N3O5/c1-5-11-22(4)34-17-10-15-32-27(30(38)35(28(32)31(34)39)24(20-36)18-21(2)3)26-25(40-32)14-9-16-33(29(26)37)19-23-12-7-6-8-13-23/h6-10,12-15,21-22,24-28,36H,5,11,16-20H2,1-4H3/t22?,24-,25-,26+,27+,28?,32+/m1/s1. The zero-order valence-corrected chi connectivity index (χ0v) is 24.1. The predicted octanol–water partition coefficient (Wildman–Crippen LogP) is 3.16. The number of amides is 3. The fourth-order valence-corrected chi connectivity index (χ4v) is 7.28. The molecule has 1 aromatic rings. The maximum atomic E-state index is 14.5. The molecule has 0 saturated carbocycles. The summed E-state index contributed by atoms with van der Waals surface area (Å²) in [6.07, 6.45) is 9.37. The van der Waals surface area contributed by atoms with Crippen molar-refractivity contribution in [3.8, 4) is 0 Å². The molecule has 4 aliphatic heterocycles. The van der Waals surface area contributed by atoms with E-state index < -0.39 is 35.6 Å². The fourth-order valence-electron chi connectivity index (χ4n) is 7.28. The molecule has 1 spiro atoms. The van der Waals surface area contributed by atoms with Gasteiger partial charge in [-0.3, -0.25) is 14.4 Å². The van der Waals surface area contributed by atoms with E-state index in [2.05, 4.69) is 6.92 Å². The molecular formula is C32H43N3O5. The molecule has 4 heterocycles. The third-order valence-electron chi connectivity index (χ3n) is 9.01. The quantitative estimate of drug-likeness (QED) is 0.478. The van der Waals surface area contributed by atoms with Gasteiger partial charge in [0.15, 0.2) is 0 Å². The van der Waals surface area contributed by atoms with Crippen LogP contribution in [0.5, 0.6) is 0 Å². The van der Waals surface area contributed by atoms with Crippen molar-refractivity contribution in [2.45, 2.75) is 83.3 Å². The summed E-state index contributed by atoms with van der Waals surface area (Å²) >= 11 is 0. The average molecular weight is 550 g/mol. The van der Waals surface area contributed by atoms with Crippen molar-refractivity contribution in [3.63, 3.8) is 0 Å². The number of rotatable bonds is 9. The zero-order chi connectivity index (χ0) is 28.6. The van der Waals surface area contributed by atoms with Crippen LogP contribution in [0, 0.1) is 17.8 Å². The van der Waals surface area contributed by atoms with Gasteiger partial charge in [0.1, 0.15) is 11.6 Å². The molecule has 2 saturated heterocycles. The molecule has 216 valence electrons. The monoisotopic (exact) mass is 549 g/mol. The van der Waals surface area contributed by atoms with Gasteiger partial charge in [0, 0.05) is 25.7 Å². The largest absolute Gasteiger partial charge is 0.394 e. The van der Waals surface area contributed by atoms with Crippen LogP contribution in [0.25, 0.3) is 0 Å². The maximum Gasteiger partial charge on any atom is 0.249 e. The van der Waals surface area contributed by atoms with Crippen molar-refractivity contribution >= 4 is 17.7 Å². The summed E-state index contributed by atoms with van der Waals surface area (Å²) in [7, 11) is 0. The first-order chi connectivity index (χ1) is 19.2. The minimum Gasteiger partial charge on any atom is -0.394 e. The van der Waals surface area contributed by atoms with Gasteiger partial charge in [-0.05, 0) is 31.2 Å². The number of hydrogen-bond donors (Lipinski definition) is 1. The first-order valence-electron chi connectivity index (χ1n) is 14.8. The van der Waals surface area contributed by atoms with Crippen LogP contribution in [0.4, 0.5) is 0 Å². The summed E-state index contributed by atoms with van der Waals surface area (Å²) in [5.74, 6) is -1.98. The van der Waals surface area contributed by atoms with Crippen LogP contribution < -0.4 is 0 Å². The molecule has 5 rings (SSSR count). The number of benzene rings is 1. The molecule has 4 aliphatic rings. The van der Waals surface area contributed by atoms with Crippen LogP contribution in [0.15, 0.2) is 54.6 Å². The summed E-state index contributed by atoms with van der Waals surface area (Å²) in [4.78, 5) is 48.3. The topological polar surface area (TPSA) is 90.4 Å². The molecule has 8 heteroatoms. The Balaban J connectivity index is 1.57. The predicted molar refractivity (Wildman–Crippen MR) is 152 cm³/mol. The van der Waals surface area contributed by atoms with Gasteiger partial charge in [-0.25, -0.2) is 0 Å². The van der Waals surface area contributed by atoms with Crippen LogP contribution in [0.1, 0.15) is 52.5 Å². The summed E-state index contributed by atoms with van der Waals surface area (Å²) < 4.78 is 6.76. The SMILES string of the molecule is CCCC(C)N1CC=C[C@]23O[C@@H]4C=CCN(Cc5ccccc5)C(=O)[C@@H]4[C@H]2C(=O)N([C@@H](CO)CC(C)C)C3C1=O. The lowest BCUT2D eigenvalue weighted by Crippen LogP contribution is -2.59. The lowest BCUT2D eigenvalue weighted by Gasteiger charge is -2.40. The molecule has 3 amide bonds. The van der Waals surface area contributed by atoms with Gasteiger partial charge in [0.2, 0.25) is 17.7 Å². The molecule has 1 N–H and O–H groups in total. The number of fused-ring (bicyclic) bond motifs is 2. The third-order valence-corrected chi connectivity index (χ3v) is 9.01. The van der Waals surface area contributed by atoms with Crippen molar-refractivity contribution in [2.24, 2.45) is 17.8 Å². The van der Waals surface area contributed by atoms with Gasteiger partial charge in [0.05, 0.1) is 30.6 Å². The highest BCUT2D eigenvalue weighted by atomic mass is 16.5. The number of hydrogen-bond acceptors (Lipinski definition) is 5. The highest BCUT2D eigenvalue weighted by Gasteiger charge is 2.72. The second-order valence-electron chi connectivity index (χ2n) is 12.2. The summed E-state index contributed by atoms with van der Waals surface area (Å²) in [5, 5.41) is 10.5. The van der Waals surface area contributed by atoms with E-state index in [0.29, 0.717) is 26.1 Å².